The maximum atomic E-state index is 13.0. The van der Waals surface area contributed by atoms with Gasteiger partial charge in [-0.2, -0.15) is 0 Å². The van der Waals surface area contributed by atoms with Gasteiger partial charge in [-0.1, -0.05) is 124 Å². The quantitative estimate of drug-likeness (QED) is 0.225. The number of thioether (sulfide) groups is 1. The first-order chi connectivity index (χ1) is 18.4. The van der Waals surface area contributed by atoms with Gasteiger partial charge in [0.1, 0.15) is 0 Å². The van der Waals surface area contributed by atoms with Crippen LogP contribution in [0, 0.1) is 0 Å². The topological polar surface area (TPSA) is 59.8 Å². The number of hydrogen-bond donors (Lipinski definition) is 1. The van der Waals surface area contributed by atoms with E-state index in [2.05, 4.69) is 60.6 Å². The number of aromatic nitrogens is 3. The second kappa shape index (κ2) is 11.1. The van der Waals surface area contributed by atoms with Crippen molar-refractivity contribution < 1.29 is 4.79 Å². The average molecular weight is 519 g/mol. The third-order valence-electron chi connectivity index (χ3n) is 6.28. The molecule has 1 aromatic heterocycles. The number of anilines is 1. The molecule has 1 amide bonds. The lowest BCUT2D eigenvalue weighted by Gasteiger charge is -2.19. The molecule has 1 N–H and O–H groups in total. The van der Waals surface area contributed by atoms with Crippen LogP contribution in [0.25, 0.3) is 28.2 Å². The number of nitrogens with one attached hydrogen (secondary N) is 1. The normalized spacial score (nSPS) is 11.3. The molecule has 0 spiro atoms. The van der Waals surface area contributed by atoms with Crippen LogP contribution in [0.2, 0.25) is 0 Å². The minimum absolute atomic E-state index is 0.0686. The average Bonchev–Trinajstić information content (AvgIpc) is 3.37. The van der Waals surface area contributed by atoms with Crippen molar-refractivity contribution in [2.24, 2.45) is 0 Å². The molecule has 0 aliphatic rings. The van der Waals surface area contributed by atoms with Crippen LogP contribution < -0.4 is 5.32 Å². The molecule has 0 fully saturated rings. The first-order valence-electron chi connectivity index (χ1n) is 12.6. The molecule has 0 aliphatic heterocycles. The first-order valence-corrected chi connectivity index (χ1v) is 13.6. The third kappa shape index (κ3) is 5.71. The van der Waals surface area contributed by atoms with E-state index in [4.69, 9.17) is 0 Å². The number of rotatable bonds is 7. The molecule has 6 heteroatoms. The number of carbonyl (C=O) groups excluding carboxylic acids is 1. The highest BCUT2D eigenvalue weighted by atomic mass is 32.2. The highest BCUT2D eigenvalue weighted by molar-refractivity contribution is 7.99. The van der Waals surface area contributed by atoms with Crippen molar-refractivity contribution in [2.45, 2.75) is 31.3 Å². The van der Waals surface area contributed by atoms with E-state index in [1.807, 2.05) is 89.5 Å². The second-order valence-corrected chi connectivity index (χ2v) is 11.0. The number of hydrogen-bond acceptors (Lipinski definition) is 4. The maximum Gasteiger partial charge on any atom is 0.234 e. The van der Waals surface area contributed by atoms with Gasteiger partial charge in [0.25, 0.3) is 0 Å². The van der Waals surface area contributed by atoms with Gasteiger partial charge in [0.15, 0.2) is 11.0 Å². The van der Waals surface area contributed by atoms with Gasteiger partial charge >= 0.3 is 0 Å². The van der Waals surface area contributed by atoms with Gasteiger partial charge in [-0.05, 0) is 34.7 Å². The Kier molecular flexibility index (Phi) is 7.43. The smallest absolute Gasteiger partial charge is 0.234 e. The minimum atomic E-state index is -0.0999. The predicted octanol–water partition coefficient (Wildman–Crippen LogP) is 7.63. The van der Waals surface area contributed by atoms with Gasteiger partial charge in [-0.3, -0.25) is 9.36 Å². The van der Waals surface area contributed by atoms with Crippen molar-refractivity contribution in [3.8, 4) is 28.2 Å². The highest BCUT2D eigenvalue weighted by Crippen LogP contribution is 2.31. The van der Waals surface area contributed by atoms with Crippen molar-refractivity contribution in [1.29, 1.82) is 0 Å². The molecule has 5 rings (SSSR count). The molecule has 0 aliphatic carbocycles. The van der Waals surface area contributed by atoms with Gasteiger partial charge in [-0.25, -0.2) is 0 Å². The van der Waals surface area contributed by atoms with E-state index in [-0.39, 0.29) is 17.1 Å². The zero-order valence-electron chi connectivity index (χ0n) is 21.8. The van der Waals surface area contributed by atoms with Crippen molar-refractivity contribution in [2.75, 3.05) is 11.1 Å². The van der Waals surface area contributed by atoms with Crippen molar-refractivity contribution in [1.82, 2.24) is 14.8 Å². The Morgan fingerprint density at radius 1 is 0.763 bits per heavy atom. The van der Waals surface area contributed by atoms with E-state index in [9.17, 15) is 4.79 Å². The summed E-state index contributed by atoms with van der Waals surface area (Å²) in [5.41, 5.74) is 6.08. The molecule has 38 heavy (non-hydrogen) atoms. The van der Waals surface area contributed by atoms with Crippen molar-refractivity contribution >= 4 is 23.4 Å². The van der Waals surface area contributed by atoms with E-state index in [1.165, 1.54) is 17.3 Å². The summed E-state index contributed by atoms with van der Waals surface area (Å²) in [7, 11) is 0. The molecular weight excluding hydrogens is 488 g/mol. The molecular formula is C32H30N4OS. The van der Waals surface area contributed by atoms with Gasteiger partial charge in [0.05, 0.1) is 5.75 Å². The van der Waals surface area contributed by atoms with Gasteiger partial charge < -0.3 is 5.32 Å². The number of amides is 1. The lowest BCUT2D eigenvalue weighted by atomic mass is 9.87. The molecule has 5 nitrogen and oxygen atoms in total. The summed E-state index contributed by atoms with van der Waals surface area (Å²) < 4.78 is 2.02. The summed E-state index contributed by atoms with van der Waals surface area (Å²) in [5, 5.41) is 12.8. The standard InChI is InChI=1S/C32H30N4OS/c1-32(2,3)25-20-18-24(19-21-25)30-34-35-31(36(30)26-14-8-5-9-15-26)38-22-29(37)33-28-17-11-10-16-27(28)23-12-6-4-7-13-23/h4-21H,22H2,1-3H3,(H,33,37). The zero-order valence-corrected chi connectivity index (χ0v) is 22.6. The Hall–Kier alpha value is -4.16. The minimum Gasteiger partial charge on any atom is -0.325 e. The molecule has 0 unspecified atom stereocenters. The molecule has 190 valence electrons. The van der Waals surface area contributed by atoms with E-state index in [0.717, 1.165) is 33.9 Å². The molecule has 0 atom stereocenters. The monoisotopic (exact) mass is 518 g/mol. The number of benzene rings is 4. The summed E-state index contributed by atoms with van der Waals surface area (Å²) >= 11 is 1.37. The molecule has 0 radical (unpaired) electrons. The van der Waals surface area contributed by atoms with E-state index in [1.54, 1.807) is 0 Å². The fourth-order valence-corrected chi connectivity index (χ4v) is 5.01. The fourth-order valence-electron chi connectivity index (χ4n) is 4.26. The lowest BCUT2D eigenvalue weighted by Crippen LogP contribution is -2.15. The zero-order chi connectivity index (χ0) is 26.5. The number of nitrogens with zero attached hydrogens (tertiary/aromatic N) is 3. The van der Waals surface area contributed by atoms with Crippen molar-refractivity contribution in [3.63, 3.8) is 0 Å². The summed E-state index contributed by atoms with van der Waals surface area (Å²) in [6.07, 6.45) is 0. The molecule has 1 heterocycles. The Morgan fingerprint density at radius 3 is 2.08 bits per heavy atom. The van der Waals surface area contributed by atoms with Crippen molar-refractivity contribution in [3.05, 3.63) is 115 Å². The van der Waals surface area contributed by atoms with Crippen LogP contribution in [-0.2, 0) is 10.2 Å². The van der Waals surface area contributed by atoms with Crippen LogP contribution in [0.4, 0.5) is 5.69 Å². The number of para-hydroxylation sites is 2. The van der Waals surface area contributed by atoms with Gasteiger partial charge in [-0.15, -0.1) is 10.2 Å². The summed E-state index contributed by atoms with van der Waals surface area (Å²) in [6.45, 7) is 6.60. The van der Waals surface area contributed by atoms with Crippen LogP contribution in [0.3, 0.4) is 0 Å². The maximum absolute atomic E-state index is 13.0. The predicted molar refractivity (Wildman–Crippen MR) is 157 cm³/mol. The third-order valence-corrected chi connectivity index (χ3v) is 7.20. The molecule has 0 bridgehead atoms. The molecule has 0 saturated carbocycles. The van der Waals surface area contributed by atoms with Crippen LogP contribution in [0.5, 0.6) is 0 Å². The largest absolute Gasteiger partial charge is 0.325 e. The molecule has 5 aromatic rings. The molecule has 0 saturated heterocycles. The summed E-state index contributed by atoms with van der Waals surface area (Å²) in [6, 6.07) is 36.4. The van der Waals surface area contributed by atoms with Crippen LogP contribution in [0.1, 0.15) is 26.3 Å². The molecule has 4 aromatic carbocycles. The lowest BCUT2D eigenvalue weighted by molar-refractivity contribution is -0.113. The first kappa shape index (κ1) is 25.5. The Bertz CT molecular complexity index is 1520. The second-order valence-electron chi connectivity index (χ2n) is 10.1. The summed E-state index contributed by atoms with van der Waals surface area (Å²) in [4.78, 5) is 13.0. The Labute approximate surface area is 228 Å². The number of carbonyl (C=O) groups is 1. The van der Waals surface area contributed by atoms with Gasteiger partial charge in [0, 0.05) is 22.5 Å². The Morgan fingerprint density at radius 2 is 1.39 bits per heavy atom. The van der Waals surface area contributed by atoms with E-state index in [0.29, 0.717) is 5.16 Å². The Balaban J connectivity index is 1.39. The highest BCUT2D eigenvalue weighted by Gasteiger charge is 2.19. The van der Waals surface area contributed by atoms with E-state index < -0.39 is 0 Å². The van der Waals surface area contributed by atoms with Crippen LogP contribution >= 0.6 is 11.8 Å². The SMILES string of the molecule is CC(C)(C)c1ccc(-c2nnc(SCC(=O)Nc3ccccc3-c3ccccc3)n2-c2ccccc2)cc1. The summed E-state index contributed by atoms with van der Waals surface area (Å²) in [5.74, 6) is 0.850. The van der Waals surface area contributed by atoms with E-state index >= 15 is 0 Å². The fraction of sp³-hybridized carbons (Fsp3) is 0.156. The van der Waals surface area contributed by atoms with Crippen LogP contribution in [0.15, 0.2) is 114 Å². The van der Waals surface area contributed by atoms with Crippen LogP contribution in [-0.4, -0.2) is 26.4 Å². The van der Waals surface area contributed by atoms with Gasteiger partial charge in [0.2, 0.25) is 5.91 Å².